The Morgan fingerprint density at radius 1 is 1.22 bits per heavy atom. The van der Waals surface area contributed by atoms with E-state index in [9.17, 15) is 9.59 Å². The molecule has 3 heterocycles. The molecule has 3 aromatic rings. The molecule has 4 rings (SSSR count). The number of rotatable bonds is 2. The van der Waals surface area contributed by atoms with Crippen LogP contribution in [-0.4, -0.2) is 49.6 Å². The van der Waals surface area contributed by atoms with Crippen molar-refractivity contribution in [2.75, 3.05) is 19.6 Å². The van der Waals surface area contributed by atoms with Gasteiger partial charge in [-0.15, -0.1) is 10.2 Å². The standard InChI is InChI=1S/C15H16N6O2/c1-19-14(23)10-4-2-3-5-11(10)21-12(17-18-15(19)21)8-20-7-6-16-13(22)9-20/h2-5H,6-9H2,1H3,(H,16,22). The van der Waals surface area contributed by atoms with Crippen molar-refractivity contribution in [3.63, 3.8) is 0 Å². The Hall–Kier alpha value is -2.74. The Bertz CT molecular complexity index is 973. The molecule has 118 valence electrons. The van der Waals surface area contributed by atoms with E-state index in [4.69, 9.17) is 0 Å². The fourth-order valence-electron chi connectivity index (χ4n) is 3.02. The quantitative estimate of drug-likeness (QED) is 0.690. The van der Waals surface area contributed by atoms with Gasteiger partial charge in [-0.25, -0.2) is 0 Å². The lowest BCUT2D eigenvalue weighted by molar-refractivity contribution is -0.124. The first-order chi connectivity index (χ1) is 11.1. The van der Waals surface area contributed by atoms with E-state index >= 15 is 0 Å². The van der Waals surface area contributed by atoms with Gasteiger partial charge in [0.25, 0.3) is 5.56 Å². The van der Waals surface area contributed by atoms with E-state index in [0.29, 0.717) is 30.8 Å². The Balaban J connectivity index is 1.88. The largest absolute Gasteiger partial charge is 0.354 e. The third kappa shape index (κ3) is 2.18. The summed E-state index contributed by atoms with van der Waals surface area (Å²) in [5.74, 6) is 1.24. The number of hydrogen-bond donors (Lipinski definition) is 1. The molecule has 8 nitrogen and oxygen atoms in total. The summed E-state index contributed by atoms with van der Waals surface area (Å²) in [6.45, 7) is 2.26. The van der Waals surface area contributed by atoms with Gasteiger partial charge in [-0.3, -0.25) is 23.5 Å². The molecule has 0 aliphatic carbocycles. The van der Waals surface area contributed by atoms with Crippen LogP contribution in [0.3, 0.4) is 0 Å². The molecule has 1 saturated heterocycles. The number of aryl methyl sites for hydroxylation is 1. The highest BCUT2D eigenvalue weighted by molar-refractivity contribution is 5.80. The average molecular weight is 312 g/mol. The molecule has 0 bridgehead atoms. The van der Waals surface area contributed by atoms with Crippen LogP contribution < -0.4 is 10.9 Å². The first-order valence-electron chi connectivity index (χ1n) is 7.46. The fourth-order valence-corrected chi connectivity index (χ4v) is 3.02. The molecule has 0 saturated carbocycles. The molecule has 1 fully saturated rings. The van der Waals surface area contributed by atoms with Gasteiger partial charge in [-0.05, 0) is 12.1 Å². The third-order valence-electron chi connectivity index (χ3n) is 4.18. The van der Waals surface area contributed by atoms with E-state index in [1.165, 1.54) is 4.57 Å². The van der Waals surface area contributed by atoms with E-state index in [1.807, 2.05) is 27.5 Å². The number of carbonyl (C=O) groups excluding carboxylic acids is 1. The van der Waals surface area contributed by atoms with E-state index in [1.54, 1.807) is 13.1 Å². The monoisotopic (exact) mass is 312 g/mol. The summed E-state index contributed by atoms with van der Waals surface area (Å²) >= 11 is 0. The molecule has 1 N–H and O–H groups in total. The van der Waals surface area contributed by atoms with Gasteiger partial charge in [0.1, 0.15) is 0 Å². The number of amides is 1. The van der Waals surface area contributed by atoms with Crippen molar-refractivity contribution < 1.29 is 4.79 Å². The second-order valence-corrected chi connectivity index (χ2v) is 5.69. The molecule has 0 unspecified atom stereocenters. The second-order valence-electron chi connectivity index (χ2n) is 5.69. The first kappa shape index (κ1) is 13.9. The van der Waals surface area contributed by atoms with Crippen LogP contribution in [0.25, 0.3) is 16.7 Å². The van der Waals surface area contributed by atoms with Gasteiger partial charge in [0, 0.05) is 20.1 Å². The van der Waals surface area contributed by atoms with Crippen molar-refractivity contribution in [2.45, 2.75) is 6.54 Å². The van der Waals surface area contributed by atoms with Crippen molar-refractivity contribution in [1.29, 1.82) is 0 Å². The molecule has 1 aliphatic heterocycles. The number of aromatic nitrogens is 4. The van der Waals surface area contributed by atoms with Crippen LogP contribution in [0.15, 0.2) is 29.1 Å². The smallest absolute Gasteiger partial charge is 0.262 e. The van der Waals surface area contributed by atoms with Crippen LogP contribution in [-0.2, 0) is 18.4 Å². The van der Waals surface area contributed by atoms with Crippen molar-refractivity contribution >= 4 is 22.6 Å². The van der Waals surface area contributed by atoms with Gasteiger partial charge in [0.2, 0.25) is 11.7 Å². The van der Waals surface area contributed by atoms with Gasteiger partial charge in [0.05, 0.1) is 24.0 Å². The number of para-hydroxylation sites is 1. The number of nitrogens with zero attached hydrogens (tertiary/aromatic N) is 5. The van der Waals surface area contributed by atoms with Gasteiger partial charge in [0.15, 0.2) is 5.82 Å². The van der Waals surface area contributed by atoms with Gasteiger partial charge < -0.3 is 5.32 Å². The molecule has 1 aliphatic rings. The predicted octanol–water partition coefficient (Wildman–Crippen LogP) is -0.487. The summed E-state index contributed by atoms with van der Waals surface area (Å²) in [5, 5.41) is 11.8. The predicted molar refractivity (Wildman–Crippen MR) is 84.0 cm³/mol. The Labute approximate surface area is 131 Å². The van der Waals surface area contributed by atoms with Crippen molar-refractivity contribution in [3.8, 4) is 0 Å². The topological polar surface area (TPSA) is 84.5 Å². The molecule has 1 aromatic carbocycles. The molecule has 0 spiro atoms. The number of nitrogens with one attached hydrogen (secondary N) is 1. The van der Waals surface area contributed by atoms with Crippen LogP contribution >= 0.6 is 0 Å². The lowest BCUT2D eigenvalue weighted by Gasteiger charge is -2.25. The maximum absolute atomic E-state index is 12.4. The Morgan fingerprint density at radius 2 is 2.04 bits per heavy atom. The SMILES string of the molecule is Cn1c(=O)c2ccccc2n2c(CN3CCNC(=O)C3)nnc12. The van der Waals surface area contributed by atoms with Crippen LogP contribution in [0.5, 0.6) is 0 Å². The Morgan fingerprint density at radius 3 is 2.87 bits per heavy atom. The lowest BCUT2D eigenvalue weighted by atomic mass is 10.2. The zero-order valence-corrected chi connectivity index (χ0v) is 12.7. The summed E-state index contributed by atoms with van der Waals surface area (Å²) in [4.78, 5) is 26.0. The van der Waals surface area contributed by atoms with Crippen molar-refractivity contribution in [3.05, 3.63) is 40.4 Å². The summed E-state index contributed by atoms with van der Waals surface area (Å²) in [5.41, 5.74) is 0.691. The minimum atomic E-state index is -0.0931. The Kier molecular flexibility index (Phi) is 3.12. The second kappa shape index (κ2) is 5.17. The number of hydrogen-bond acceptors (Lipinski definition) is 5. The summed E-state index contributed by atoms with van der Waals surface area (Å²) in [6.07, 6.45) is 0. The molecule has 0 radical (unpaired) electrons. The lowest BCUT2D eigenvalue weighted by Crippen LogP contribution is -2.47. The number of benzene rings is 1. The number of piperazine rings is 1. The molecule has 2 aromatic heterocycles. The zero-order chi connectivity index (χ0) is 16.0. The minimum absolute atomic E-state index is 0.0160. The molecule has 0 atom stereocenters. The zero-order valence-electron chi connectivity index (χ0n) is 12.7. The van der Waals surface area contributed by atoms with Crippen LogP contribution in [0.1, 0.15) is 5.82 Å². The van der Waals surface area contributed by atoms with Crippen molar-refractivity contribution in [1.82, 2.24) is 29.4 Å². The van der Waals surface area contributed by atoms with Gasteiger partial charge >= 0.3 is 0 Å². The van der Waals surface area contributed by atoms with Crippen LogP contribution in [0, 0.1) is 0 Å². The van der Waals surface area contributed by atoms with E-state index in [2.05, 4.69) is 15.5 Å². The minimum Gasteiger partial charge on any atom is -0.354 e. The number of carbonyl (C=O) groups is 1. The first-order valence-corrected chi connectivity index (χ1v) is 7.46. The van der Waals surface area contributed by atoms with E-state index in [-0.39, 0.29) is 11.5 Å². The molecule has 8 heteroatoms. The van der Waals surface area contributed by atoms with E-state index in [0.717, 1.165) is 17.9 Å². The fraction of sp³-hybridized carbons (Fsp3) is 0.333. The van der Waals surface area contributed by atoms with Crippen molar-refractivity contribution in [2.24, 2.45) is 7.05 Å². The molecule has 23 heavy (non-hydrogen) atoms. The molecular formula is C15H16N6O2. The van der Waals surface area contributed by atoms with Gasteiger partial charge in [-0.1, -0.05) is 12.1 Å². The van der Waals surface area contributed by atoms with Crippen LogP contribution in [0.2, 0.25) is 0 Å². The van der Waals surface area contributed by atoms with Crippen LogP contribution in [0.4, 0.5) is 0 Å². The molecule has 1 amide bonds. The summed E-state index contributed by atoms with van der Waals surface area (Å²) in [6, 6.07) is 7.42. The number of fused-ring (bicyclic) bond motifs is 3. The maximum Gasteiger partial charge on any atom is 0.262 e. The highest BCUT2D eigenvalue weighted by atomic mass is 16.2. The third-order valence-corrected chi connectivity index (χ3v) is 4.18. The highest BCUT2D eigenvalue weighted by Gasteiger charge is 2.20. The summed E-state index contributed by atoms with van der Waals surface area (Å²) in [7, 11) is 1.69. The van der Waals surface area contributed by atoms with Gasteiger partial charge in [-0.2, -0.15) is 0 Å². The maximum atomic E-state index is 12.4. The normalized spacial score (nSPS) is 16.1. The molecular weight excluding hydrogens is 296 g/mol. The summed E-state index contributed by atoms with van der Waals surface area (Å²) < 4.78 is 3.39. The average Bonchev–Trinajstić information content (AvgIpc) is 2.96. The van der Waals surface area contributed by atoms with E-state index < -0.39 is 0 Å². The highest BCUT2D eigenvalue weighted by Crippen LogP contribution is 2.15.